The van der Waals surface area contributed by atoms with Crippen LogP contribution in [0.3, 0.4) is 0 Å². The van der Waals surface area contributed by atoms with Crippen LogP contribution in [0.5, 0.6) is 0 Å². The van der Waals surface area contributed by atoms with Crippen molar-refractivity contribution in [2.75, 3.05) is 14.1 Å². The van der Waals surface area contributed by atoms with Gasteiger partial charge in [-0.3, -0.25) is 0 Å². The molecule has 0 aliphatic carbocycles. The quantitative estimate of drug-likeness (QED) is 0.631. The molecule has 1 aromatic heterocycles. The van der Waals surface area contributed by atoms with Gasteiger partial charge in [0.15, 0.2) is 0 Å². The molecule has 0 saturated carbocycles. The van der Waals surface area contributed by atoms with Crippen LogP contribution in [0.1, 0.15) is 30.0 Å². The van der Waals surface area contributed by atoms with E-state index in [1.807, 2.05) is 0 Å². The molecule has 1 aromatic carbocycles. The van der Waals surface area contributed by atoms with Gasteiger partial charge >= 0.3 is 5.97 Å². The van der Waals surface area contributed by atoms with Gasteiger partial charge in [0.1, 0.15) is 12.4 Å². The number of carbonyl (C=O) groups excluding carboxylic acids is 1. The van der Waals surface area contributed by atoms with E-state index in [1.54, 1.807) is 13.8 Å². The van der Waals surface area contributed by atoms with E-state index in [1.165, 1.54) is 50.5 Å². The molecule has 0 spiro atoms. The zero-order chi connectivity index (χ0) is 21.1. The molecule has 0 fully saturated rings. The minimum atomic E-state index is -3.71. The highest BCUT2D eigenvalue weighted by molar-refractivity contribution is 7.89. The van der Waals surface area contributed by atoms with Crippen molar-refractivity contribution in [1.82, 2.24) is 9.03 Å². The van der Waals surface area contributed by atoms with Crippen molar-refractivity contribution >= 4 is 26.0 Å². The normalized spacial score (nSPS) is 12.5. The molecule has 2 rings (SSSR count). The van der Waals surface area contributed by atoms with E-state index in [0.717, 1.165) is 4.31 Å². The highest BCUT2D eigenvalue weighted by Crippen LogP contribution is 2.18. The van der Waals surface area contributed by atoms with Crippen molar-refractivity contribution in [3.63, 3.8) is 0 Å². The topological polar surface area (TPSA) is 123 Å². The fourth-order valence-electron chi connectivity index (χ4n) is 2.12. The first kappa shape index (κ1) is 22.1. The number of sulfonamides is 2. The molecule has 0 amide bonds. The highest BCUT2D eigenvalue weighted by Gasteiger charge is 2.22. The third-order valence-corrected chi connectivity index (χ3v) is 6.87. The Labute approximate surface area is 164 Å². The second-order valence-electron chi connectivity index (χ2n) is 6.38. The van der Waals surface area contributed by atoms with E-state index in [4.69, 9.17) is 9.15 Å². The summed E-state index contributed by atoms with van der Waals surface area (Å²) in [7, 11) is -4.62. The average Bonchev–Trinajstić information content (AvgIpc) is 3.08. The van der Waals surface area contributed by atoms with Crippen molar-refractivity contribution in [2.24, 2.45) is 0 Å². The summed E-state index contributed by atoms with van der Waals surface area (Å²) in [5, 5.41) is -0.254. The molecule has 0 aliphatic rings. The predicted molar refractivity (Wildman–Crippen MR) is 101 cm³/mol. The number of ether oxygens (including phenoxy) is 1. The van der Waals surface area contributed by atoms with E-state index in [2.05, 4.69) is 4.72 Å². The van der Waals surface area contributed by atoms with Crippen molar-refractivity contribution < 1.29 is 30.8 Å². The molecule has 11 heteroatoms. The van der Waals surface area contributed by atoms with Crippen LogP contribution in [0.4, 0.5) is 0 Å². The summed E-state index contributed by atoms with van der Waals surface area (Å²) in [4.78, 5) is 12.1. The molecular weight excluding hydrogens is 408 g/mol. The smallest absolute Gasteiger partial charge is 0.338 e. The van der Waals surface area contributed by atoms with Crippen LogP contribution >= 0.6 is 0 Å². The summed E-state index contributed by atoms with van der Waals surface area (Å²) in [5.74, 6) is -0.539. The maximum atomic E-state index is 12.1. The minimum absolute atomic E-state index is 0.0299. The molecule has 0 atom stereocenters. The Morgan fingerprint density at radius 1 is 1.07 bits per heavy atom. The lowest BCUT2D eigenvalue weighted by atomic mass is 10.2. The predicted octanol–water partition coefficient (Wildman–Crippen LogP) is 1.57. The third kappa shape index (κ3) is 5.19. The summed E-state index contributed by atoms with van der Waals surface area (Å²) >= 11 is 0. The lowest BCUT2D eigenvalue weighted by molar-refractivity contribution is 0.0440. The molecule has 28 heavy (non-hydrogen) atoms. The number of benzene rings is 1. The largest absolute Gasteiger partial charge is 0.454 e. The Balaban J connectivity index is 2.04. The Hall–Kier alpha value is -2.21. The van der Waals surface area contributed by atoms with Gasteiger partial charge in [0, 0.05) is 20.1 Å². The van der Waals surface area contributed by atoms with Crippen LogP contribution in [0.2, 0.25) is 0 Å². The minimum Gasteiger partial charge on any atom is -0.454 e. The maximum absolute atomic E-state index is 12.1. The number of esters is 1. The van der Waals surface area contributed by atoms with E-state index in [0.29, 0.717) is 0 Å². The van der Waals surface area contributed by atoms with Crippen LogP contribution in [-0.4, -0.2) is 47.2 Å². The molecule has 154 valence electrons. The number of hydrogen-bond acceptors (Lipinski definition) is 7. The van der Waals surface area contributed by atoms with Crippen molar-refractivity contribution in [2.45, 2.75) is 36.5 Å². The molecule has 9 nitrogen and oxygen atoms in total. The van der Waals surface area contributed by atoms with Gasteiger partial charge in [-0.15, -0.1) is 0 Å². The van der Waals surface area contributed by atoms with Crippen LogP contribution in [0.15, 0.2) is 50.8 Å². The van der Waals surface area contributed by atoms with Crippen molar-refractivity contribution in [1.29, 1.82) is 0 Å². The molecular formula is C17H22N2O7S2. The number of hydrogen-bond donors (Lipinski definition) is 1. The SMILES string of the molecule is CC(C)NS(=O)(=O)c1ccc(C(=O)OCc2ccc(S(=O)(=O)N(C)C)o2)cc1. The van der Waals surface area contributed by atoms with Crippen LogP contribution in [0.25, 0.3) is 0 Å². The molecule has 2 aromatic rings. The van der Waals surface area contributed by atoms with Crippen molar-refractivity contribution in [3.05, 3.63) is 47.7 Å². The number of nitrogens with zero attached hydrogens (tertiary/aromatic N) is 1. The summed E-state index contributed by atoms with van der Waals surface area (Å²) in [6.45, 7) is 3.14. The van der Waals surface area contributed by atoms with E-state index in [-0.39, 0.29) is 34.0 Å². The molecule has 0 aliphatic heterocycles. The monoisotopic (exact) mass is 430 g/mol. The number of furan rings is 1. The van der Waals surface area contributed by atoms with Gasteiger partial charge in [0.05, 0.1) is 10.5 Å². The van der Waals surface area contributed by atoms with E-state index >= 15 is 0 Å². The van der Waals surface area contributed by atoms with Gasteiger partial charge in [-0.1, -0.05) is 0 Å². The lowest BCUT2D eigenvalue weighted by Gasteiger charge is -2.10. The summed E-state index contributed by atoms with van der Waals surface area (Å²) in [6.07, 6.45) is 0. The standard InChI is InChI=1S/C17H22N2O7S2/c1-12(2)18-27(21,22)15-8-5-13(6-9-15)17(20)25-11-14-7-10-16(26-14)28(23,24)19(3)4/h5-10,12,18H,11H2,1-4H3. The van der Waals surface area contributed by atoms with Crippen LogP contribution in [0, 0.1) is 0 Å². The average molecular weight is 431 g/mol. The molecule has 0 bridgehead atoms. The molecule has 0 saturated heterocycles. The Bertz CT molecular complexity index is 1040. The molecule has 0 unspecified atom stereocenters. The van der Waals surface area contributed by atoms with Gasteiger partial charge in [-0.05, 0) is 50.2 Å². The zero-order valence-electron chi connectivity index (χ0n) is 15.9. The van der Waals surface area contributed by atoms with E-state index < -0.39 is 26.0 Å². The highest BCUT2D eigenvalue weighted by atomic mass is 32.2. The van der Waals surface area contributed by atoms with Gasteiger partial charge in [0.25, 0.3) is 10.0 Å². The van der Waals surface area contributed by atoms with Gasteiger partial charge < -0.3 is 9.15 Å². The Kier molecular flexibility index (Phi) is 6.65. The number of rotatable bonds is 8. The first-order valence-corrected chi connectivity index (χ1v) is 11.2. The number of carbonyl (C=O) groups is 1. The second-order valence-corrected chi connectivity index (χ2v) is 10.2. The molecule has 0 radical (unpaired) electrons. The summed E-state index contributed by atoms with van der Waals surface area (Å²) in [5.41, 5.74) is 0.149. The second kappa shape index (κ2) is 8.43. The van der Waals surface area contributed by atoms with Crippen LogP contribution < -0.4 is 4.72 Å². The van der Waals surface area contributed by atoms with Crippen molar-refractivity contribution in [3.8, 4) is 0 Å². The summed E-state index contributed by atoms with van der Waals surface area (Å²) < 4.78 is 61.8. The molecule has 1 N–H and O–H groups in total. The maximum Gasteiger partial charge on any atom is 0.338 e. The summed E-state index contributed by atoms with van der Waals surface area (Å²) in [6, 6.07) is 7.69. The first-order chi connectivity index (χ1) is 12.9. The Morgan fingerprint density at radius 3 is 2.21 bits per heavy atom. The number of nitrogens with one attached hydrogen (secondary N) is 1. The molecule has 1 heterocycles. The first-order valence-electron chi connectivity index (χ1n) is 8.24. The fraction of sp³-hybridized carbons (Fsp3) is 0.353. The van der Waals surface area contributed by atoms with E-state index in [9.17, 15) is 21.6 Å². The third-order valence-electron chi connectivity index (χ3n) is 3.51. The fourth-order valence-corrected chi connectivity index (χ4v) is 4.19. The van der Waals surface area contributed by atoms with Gasteiger partial charge in [-0.2, -0.15) is 0 Å². The van der Waals surface area contributed by atoms with Gasteiger partial charge in [0.2, 0.25) is 15.1 Å². The zero-order valence-corrected chi connectivity index (χ0v) is 17.5. The van der Waals surface area contributed by atoms with Gasteiger partial charge in [-0.25, -0.2) is 30.7 Å². The van der Waals surface area contributed by atoms with Crippen LogP contribution in [-0.2, 0) is 31.4 Å². The Morgan fingerprint density at radius 2 is 1.68 bits per heavy atom. The lowest BCUT2D eigenvalue weighted by Crippen LogP contribution is -2.30.